The first-order chi connectivity index (χ1) is 15.9. The quantitative estimate of drug-likeness (QED) is 0.289. The Morgan fingerprint density at radius 1 is 1.06 bits per heavy atom. The zero-order valence-corrected chi connectivity index (χ0v) is 20.7. The van der Waals surface area contributed by atoms with Gasteiger partial charge >= 0.3 is 0 Å². The Labute approximate surface area is 206 Å². The van der Waals surface area contributed by atoms with Crippen LogP contribution in [0.25, 0.3) is 0 Å². The summed E-state index contributed by atoms with van der Waals surface area (Å²) in [5.74, 6) is 0.578. The molecule has 0 aliphatic heterocycles. The highest BCUT2D eigenvalue weighted by Gasteiger charge is 2.16. The van der Waals surface area contributed by atoms with Gasteiger partial charge in [-0.3, -0.25) is 9.48 Å². The molecule has 4 aromatic rings. The molecule has 7 heteroatoms. The van der Waals surface area contributed by atoms with Gasteiger partial charge in [-0.25, -0.2) is 0 Å². The van der Waals surface area contributed by atoms with Gasteiger partial charge in [0.15, 0.2) is 0 Å². The van der Waals surface area contributed by atoms with Crippen molar-refractivity contribution < 1.29 is 9.53 Å². The van der Waals surface area contributed by atoms with Gasteiger partial charge in [0.25, 0.3) is 5.91 Å². The van der Waals surface area contributed by atoms with Crippen LogP contribution in [-0.4, -0.2) is 15.7 Å². The van der Waals surface area contributed by atoms with Crippen molar-refractivity contribution in [3.63, 3.8) is 0 Å². The number of carbonyl (C=O) groups is 1. The number of aryl methyl sites for hydroxylation is 1. The van der Waals surface area contributed by atoms with Gasteiger partial charge in [0.05, 0.1) is 23.6 Å². The van der Waals surface area contributed by atoms with Crippen molar-refractivity contribution in [3.8, 4) is 5.75 Å². The Kier molecular flexibility index (Phi) is 7.16. The molecule has 0 atom stereocenters. The van der Waals surface area contributed by atoms with Crippen LogP contribution in [0.4, 0.5) is 5.69 Å². The molecule has 0 spiro atoms. The molecule has 4 rings (SSSR count). The Bertz CT molecular complexity index is 1290. The number of amides is 1. The summed E-state index contributed by atoms with van der Waals surface area (Å²) < 4.78 is 8.68. The zero-order chi connectivity index (χ0) is 23.4. The van der Waals surface area contributed by atoms with Gasteiger partial charge < -0.3 is 10.1 Å². The number of halogens is 2. The number of hydrogen-bond acceptors (Lipinski definition) is 3. The van der Waals surface area contributed by atoms with E-state index in [1.54, 1.807) is 6.07 Å². The van der Waals surface area contributed by atoms with E-state index in [-0.39, 0.29) is 5.91 Å². The molecule has 33 heavy (non-hydrogen) atoms. The van der Waals surface area contributed by atoms with E-state index in [4.69, 9.17) is 16.3 Å². The molecule has 1 N–H and O–H groups in total. The molecule has 0 saturated heterocycles. The highest BCUT2D eigenvalue weighted by Crippen LogP contribution is 2.24. The first-order valence-electron chi connectivity index (χ1n) is 10.5. The van der Waals surface area contributed by atoms with Crippen LogP contribution < -0.4 is 10.1 Å². The molecule has 0 saturated carbocycles. The first-order valence-corrected chi connectivity index (χ1v) is 11.6. The van der Waals surface area contributed by atoms with E-state index in [1.807, 2.05) is 85.3 Å². The Hall–Kier alpha value is -3.09. The maximum absolute atomic E-state index is 13.0. The van der Waals surface area contributed by atoms with E-state index in [9.17, 15) is 4.79 Å². The third-order valence-electron chi connectivity index (χ3n) is 5.31. The number of nitrogens with zero attached hydrogens (tertiary/aromatic N) is 2. The fourth-order valence-corrected chi connectivity index (χ4v) is 3.97. The topological polar surface area (TPSA) is 56.2 Å². The summed E-state index contributed by atoms with van der Waals surface area (Å²) >= 11 is 9.71. The molecule has 1 amide bonds. The van der Waals surface area contributed by atoms with E-state index >= 15 is 0 Å². The lowest BCUT2D eigenvalue weighted by Gasteiger charge is -2.10. The van der Waals surface area contributed by atoms with Crippen molar-refractivity contribution in [3.05, 3.63) is 110 Å². The second-order valence-electron chi connectivity index (χ2n) is 7.69. The lowest BCUT2D eigenvalue weighted by atomic mass is 10.1. The highest BCUT2D eigenvalue weighted by molar-refractivity contribution is 9.10. The molecule has 1 aromatic heterocycles. The van der Waals surface area contributed by atoms with Crippen LogP contribution in [0.15, 0.2) is 77.3 Å². The van der Waals surface area contributed by atoms with Crippen LogP contribution in [0.5, 0.6) is 5.75 Å². The molecule has 1 heterocycles. The molecule has 168 valence electrons. The second kappa shape index (κ2) is 10.2. The number of benzene rings is 3. The minimum atomic E-state index is -0.191. The number of carbonyl (C=O) groups excluding carboxylic acids is 1. The average Bonchev–Trinajstić information content (AvgIpc) is 3.07. The fraction of sp³-hybridized carbons (Fsp3) is 0.154. The van der Waals surface area contributed by atoms with Gasteiger partial charge in [-0.1, -0.05) is 57.9 Å². The molecule has 3 aromatic carbocycles. The van der Waals surface area contributed by atoms with E-state index < -0.39 is 0 Å². The van der Waals surface area contributed by atoms with Crippen LogP contribution in [0.2, 0.25) is 5.02 Å². The molecule has 5 nitrogen and oxygen atoms in total. The Balaban J connectivity index is 1.46. The molecule has 0 aliphatic carbocycles. The molecule has 0 fully saturated rings. The fourth-order valence-electron chi connectivity index (χ4n) is 3.51. The van der Waals surface area contributed by atoms with Crippen LogP contribution in [0.1, 0.15) is 32.9 Å². The number of nitrogens with one attached hydrogen (secondary N) is 1. The van der Waals surface area contributed by atoms with E-state index in [0.29, 0.717) is 29.4 Å². The van der Waals surface area contributed by atoms with Gasteiger partial charge in [-0.2, -0.15) is 5.10 Å². The molecule has 0 radical (unpaired) electrons. The monoisotopic (exact) mass is 523 g/mol. The van der Waals surface area contributed by atoms with E-state index in [2.05, 4.69) is 26.3 Å². The standard InChI is InChI=1S/C26H23BrClN3O2/c1-17-25(18(2)31(30-17)15-21-7-3-4-9-24(21)28)29-26(32)20-8-5-6-19(14-20)16-33-23-12-10-22(27)11-13-23/h3-14H,15-16H2,1-2H3,(H,29,32). The van der Waals surface area contributed by atoms with Crippen LogP contribution in [0.3, 0.4) is 0 Å². The summed E-state index contributed by atoms with van der Waals surface area (Å²) in [5.41, 5.74) is 4.78. The van der Waals surface area contributed by atoms with Crippen molar-refractivity contribution in [1.29, 1.82) is 0 Å². The summed E-state index contributed by atoms with van der Waals surface area (Å²) in [4.78, 5) is 13.0. The van der Waals surface area contributed by atoms with Crippen molar-refractivity contribution in [1.82, 2.24) is 9.78 Å². The lowest BCUT2D eigenvalue weighted by Crippen LogP contribution is -2.14. The first kappa shape index (κ1) is 23.1. The summed E-state index contributed by atoms with van der Waals surface area (Å²) in [6.45, 7) is 4.73. The maximum Gasteiger partial charge on any atom is 0.255 e. The number of hydrogen-bond donors (Lipinski definition) is 1. The van der Waals surface area contributed by atoms with Crippen molar-refractivity contribution >= 4 is 39.1 Å². The summed E-state index contributed by atoms with van der Waals surface area (Å²) in [6.07, 6.45) is 0. The van der Waals surface area contributed by atoms with Gasteiger partial charge in [0.2, 0.25) is 0 Å². The average molecular weight is 525 g/mol. The number of ether oxygens (including phenoxy) is 1. The largest absolute Gasteiger partial charge is 0.489 e. The minimum Gasteiger partial charge on any atom is -0.489 e. The zero-order valence-electron chi connectivity index (χ0n) is 18.3. The number of aromatic nitrogens is 2. The van der Waals surface area contributed by atoms with Crippen molar-refractivity contribution in [2.75, 3.05) is 5.32 Å². The smallest absolute Gasteiger partial charge is 0.255 e. The Morgan fingerprint density at radius 3 is 2.58 bits per heavy atom. The summed E-state index contributed by atoms with van der Waals surface area (Å²) in [7, 11) is 0. The molecular formula is C26H23BrClN3O2. The van der Waals surface area contributed by atoms with Gasteiger partial charge in [0, 0.05) is 15.1 Å². The minimum absolute atomic E-state index is 0.191. The molecular weight excluding hydrogens is 502 g/mol. The predicted octanol–water partition coefficient (Wildman–Crippen LogP) is 6.80. The molecule has 0 bridgehead atoms. The van der Waals surface area contributed by atoms with Crippen LogP contribution in [0, 0.1) is 13.8 Å². The highest BCUT2D eigenvalue weighted by atomic mass is 79.9. The third-order valence-corrected chi connectivity index (χ3v) is 6.20. The normalized spacial score (nSPS) is 10.8. The van der Waals surface area contributed by atoms with Crippen molar-refractivity contribution in [2.45, 2.75) is 27.0 Å². The Morgan fingerprint density at radius 2 is 1.82 bits per heavy atom. The summed E-state index contributed by atoms with van der Waals surface area (Å²) in [6, 6.07) is 22.7. The van der Waals surface area contributed by atoms with E-state index in [0.717, 1.165) is 32.7 Å². The van der Waals surface area contributed by atoms with Crippen molar-refractivity contribution in [2.24, 2.45) is 0 Å². The van der Waals surface area contributed by atoms with Crippen LogP contribution in [-0.2, 0) is 13.2 Å². The van der Waals surface area contributed by atoms with E-state index in [1.165, 1.54) is 0 Å². The third kappa shape index (κ3) is 5.64. The summed E-state index contributed by atoms with van der Waals surface area (Å²) in [5, 5.41) is 8.31. The molecule has 0 aliphatic rings. The van der Waals surface area contributed by atoms with Gasteiger partial charge in [-0.05, 0) is 67.4 Å². The van der Waals surface area contributed by atoms with Gasteiger partial charge in [-0.15, -0.1) is 0 Å². The SMILES string of the molecule is Cc1nn(Cc2ccccc2Cl)c(C)c1NC(=O)c1cccc(COc2ccc(Br)cc2)c1. The number of rotatable bonds is 7. The maximum atomic E-state index is 13.0. The second-order valence-corrected chi connectivity index (χ2v) is 9.01. The van der Waals surface area contributed by atoms with Gasteiger partial charge in [0.1, 0.15) is 12.4 Å². The number of anilines is 1. The van der Waals surface area contributed by atoms with Crippen LogP contribution >= 0.6 is 27.5 Å². The predicted molar refractivity (Wildman–Crippen MR) is 135 cm³/mol. The molecule has 0 unspecified atom stereocenters. The lowest BCUT2D eigenvalue weighted by molar-refractivity contribution is 0.102.